The minimum atomic E-state index is -0.651. The van der Waals surface area contributed by atoms with Crippen LogP contribution in [0.5, 0.6) is 11.5 Å². The molecular weight excluding hydrogens is 386 g/mol. The van der Waals surface area contributed by atoms with Crippen molar-refractivity contribution in [1.82, 2.24) is 0 Å². The Balaban J connectivity index is 1.63. The number of methoxy groups -OCH3 is 1. The number of ketones is 1. The van der Waals surface area contributed by atoms with Crippen LogP contribution in [0.1, 0.15) is 26.3 Å². The summed E-state index contributed by atoms with van der Waals surface area (Å²) in [5, 5.41) is 10.7. The summed E-state index contributed by atoms with van der Waals surface area (Å²) in [7, 11) is 1.57. The van der Waals surface area contributed by atoms with E-state index < -0.39 is 10.9 Å². The molecule has 0 amide bonds. The minimum absolute atomic E-state index is 0.114. The number of esters is 1. The van der Waals surface area contributed by atoms with Gasteiger partial charge in [-0.15, -0.1) is 0 Å². The molecule has 0 aliphatic carbocycles. The van der Waals surface area contributed by atoms with E-state index in [9.17, 15) is 19.7 Å². The second-order valence-electron chi connectivity index (χ2n) is 6.19. The summed E-state index contributed by atoms with van der Waals surface area (Å²) in [4.78, 5) is 34.6. The summed E-state index contributed by atoms with van der Waals surface area (Å²) >= 11 is 0. The van der Waals surface area contributed by atoms with E-state index in [1.54, 1.807) is 25.3 Å². The van der Waals surface area contributed by atoms with Gasteiger partial charge >= 0.3 is 5.97 Å². The first-order chi connectivity index (χ1) is 14.5. The van der Waals surface area contributed by atoms with Crippen LogP contribution in [-0.4, -0.2) is 23.8 Å². The fourth-order valence-corrected chi connectivity index (χ4v) is 2.59. The Bertz CT molecular complexity index is 1100. The van der Waals surface area contributed by atoms with Gasteiger partial charge < -0.3 is 9.47 Å². The molecule has 7 heteroatoms. The van der Waals surface area contributed by atoms with E-state index in [1.165, 1.54) is 42.5 Å². The van der Waals surface area contributed by atoms with Crippen molar-refractivity contribution in [2.75, 3.05) is 7.11 Å². The van der Waals surface area contributed by atoms with E-state index in [0.717, 1.165) is 5.56 Å². The smallest absolute Gasteiger partial charge is 0.343 e. The highest BCUT2D eigenvalue weighted by Crippen LogP contribution is 2.18. The standard InChI is InChI=1S/C23H17NO6/c1-29-21-4-2-3-16(15-21)5-14-22(25)17-8-12-20(13-9-17)30-23(26)18-6-10-19(11-7-18)24(27)28/h2-15H,1H3. The SMILES string of the molecule is COc1cccc(C=CC(=O)c2ccc(OC(=O)c3ccc([N+](=O)[O-])cc3)cc2)c1. The molecule has 0 radical (unpaired) electrons. The first kappa shape index (κ1) is 20.5. The molecule has 0 aromatic heterocycles. The molecule has 0 N–H and O–H groups in total. The number of carbonyl (C=O) groups excluding carboxylic acids is 2. The highest BCUT2D eigenvalue weighted by Gasteiger charge is 2.12. The van der Waals surface area contributed by atoms with E-state index in [0.29, 0.717) is 11.3 Å². The summed E-state index contributed by atoms with van der Waals surface area (Å²) in [5.74, 6) is 0.100. The van der Waals surface area contributed by atoms with Gasteiger partial charge in [0.05, 0.1) is 17.6 Å². The average molecular weight is 403 g/mol. The van der Waals surface area contributed by atoms with Crippen LogP contribution in [0.25, 0.3) is 6.08 Å². The molecule has 0 atom stereocenters. The Morgan fingerprint density at radius 1 is 0.900 bits per heavy atom. The summed E-state index contributed by atoms with van der Waals surface area (Å²) < 4.78 is 10.4. The van der Waals surface area contributed by atoms with Gasteiger partial charge in [-0.25, -0.2) is 4.79 Å². The van der Waals surface area contributed by atoms with E-state index in [1.807, 2.05) is 24.3 Å². The Labute approximate surface area is 172 Å². The zero-order valence-electron chi connectivity index (χ0n) is 16.0. The van der Waals surface area contributed by atoms with Crippen LogP contribution in [0, 0.1) is 10.1 Å². The normalized spacial score (nSPS) is 10.6. The lowest BCUT2D eigenvalue weighted by Gasteiger charge is -2.05. The highest BCUT2D eigenvalue weighted by molar-refractivity contribution is 6.06. The summed E-state index contributed by atoms with van der Waals surface area (Å²) in [6, 6.07) is 18.5. The molecule has 0 saturated carbocycles. The topological polar surface area (TPSA) is 95.7 Å². The van der Waals surface area contributed by atoms with Crippen molar-refractivity contribution in [2.45, 2.75) is 0 Å². The molecule has 0 unspecified atom stereocenters. The first-order valence-corrected chi connectivity index (χ1v) is 8.89. The number of nitrogens with zero attached hydrogens (tertiary/aromatic N) is 1. The van der Waals surface area contributed by atoms with Gasteiger partial charge in [0, 0.05) is 17.7 Å². The number of benzene rings is 3. The largest absolute Gasteiger partial charge is 0.497 e. The van der Waals surface area contributed by atoms with Crippen LogP contribution < -0.4 is 9.47 Å². The van der Waals surface area contributed by atoms with Crippen LogP contribution >= 0.6 is 0 Å². The molecule has 7 nitrogen and oxygen atoms in total. The molecule has 3 aromatic carbocycles. The molecular formula is C23H17NO6. The van der Waals surface area contributed by atoms with Gasteiger partial charge in [0.25, 0.3) is 5.69 Å². The fourth-order valence-electron chi connectivity index (χ4n) is 2.59. The van der Waals surface area contributed by atoms with Crippen molar-refractivity contribution in [3.05, 3.63) is 106 Å². The summed E-state index contributed by atoms with van der Waals surface area (Å²) in [5.41, 5.74) is 1.33. The molecule has 3 rings (SSSR count). The van der Waals surface area contributed by atoms with Crippen LogP contribution in [0.15, 0.2) is 78.9 Å². The van der Waals surface area contributed by atoms with Crippen molar-refractivity contribution in [3.8, 4) is 11.5 Å². The van der Waals surface area contributed by atoms with Gasteiger partial charge in [0.2, 0.25) is 0 Å². The number of nitro groups is 1. The lowest BCUT2D eigenvalue weighted by atomic mass is 10.1. The van der Waals surface area contributed by atoms with E-state index in [4.69, 9.17) is 9.47 Å². The number of carbonyl (C=O) groups is 2. The van der Waals surface area contributed by atoms with E-state index >= 15 is 0 Å². The maximum absolute atomic E-state index is 12.3. The van der Waals surface area contributed by atoms with Crippen molar-refractivity contribution in [3.63, 3.8) is 0 Å². The molecule has 0 saturated heterocycles. The molecule has 0 heterocycles. The van der Waals surface area contributed by atoms with Crippen molar-refractivity contribution in [2.24, 2.45) is 0 Å². The van der Waals surface area contributed by atoms with Gasteiger partial charge in [-0.05, 0) is 60.2 Å². The maximum atomic E-state index is 12.3. The molecule has 0 fully saturated rings. The Hall–Kier alpha value is -4.26. The second kappa shape index (κ2) is 9.29. The van der Waals surface area contributed by atoms with Gasteiger partial charge in [-0.3, -0.25) is 14.9 Å². The van der Waals surface area contributed by atoms with Gasteiger partial charge in [-0.2, -0.15) is 0 Å². The lowest BCUT2D eigenvalue weighted by molar-refractivity contribution is -0.384. The quantitative estimate of drug-likeness (QED) is 0.141. The number of non-ortho nitro benzene ring substituents is 1. The van der Waals surface area contributed by atoms with Gasteiger partial charge in [0.15, 0.2) is 5.78 Å². The molecule has 0 aliphatic heterocycles. The number of ether oxygens (including phenoxy) is 2. The third kappa shape index (κ3) is 5.17. The minimum Gasteiger partial charge on any atom is -0.497 e. The number of hydrogen-bond donors (Lipinski definition) is 0. The van der Waals surface area contributed by atoms with Crippen molar-refractivity contribution in [1.29, 1.82) is 0 Å². The molecule has 150 valence electrons. The third-order valence-corrected chi connectivity index (χ3v) is 4.18. The fraction of sp³-hybridized carbons (Fsp3) is 0.0435. The maximum Gasteiger partial charge on any atom is 0.343 e. The van der Waals surface area contributed by atoms with Crippen LogP contribution in [0.4, 0.5) is 5.69 Å². The molecule has 0 spiro atoms. The molecule has 0 bridgehead atoms. The van der Waals surface area contributed by atoms with E-state index in [2.05, 4.69) is 0 Å². The lowest BCUT2D eigenvalue weighted by Crippen LogP contribution is -2.08. The van der Waals surface area contributed by atoms with E-state index in [-0.39, 0.29) is 22.8 Å². The second-order valence-corrected chi connectivity index (χ2v) is 6.19. The van der Waals surface area contributed by atoms with Crippen molar-refractivity contribution < 1.29 is 24.0 Å². The molecule has 0 aliphatic rings. The van der Waals surface area contributed by atoms with Crippen LogP contribution in [0.2, 0.25) is 0 Å². The molecule has 3 aromatic rings. The van der Waals surface area contributed by atoms with Crippen LogP contribution in [-0.2, 0) is 0 Å². The predicted molar refractivity (Wildman–Crippen MR) is 111 cm³/mol. The van der Waals surface area contributed by atoms with Crippen LogP contribution in [0.3, 0.4) is 0 Å². The number of nitro benzene ring substituents is 1. The average Bonchev–Trinajstić information content (AvgIpc) is 2.78. The monoisotopic (exact) mass is 403 g/mol. The Morgan fingerprint density at radius 2 is 1.57 bits per heavy atom. The number of rotatable bonds is 7. The summed E-state index contributed by atoms with van der Waals surface area (Å²) in [6.45, 7) is 0. The highest BCUT2D eigenvalue weighted by atomic mass is 16.6. The summed E-state index contributed by atoms with van der Waals surface area (Å²) in [6.07, 6.45) is 3.14. The van der Waals surface area contributed by atoms with Gasteiger partial charge in [0.1, 0.15) is 11.5 Å². The Morgan fingerprint density at radius 3 is 2.20 bits per heavy atom. The predicted octanol–water partition coefficient (Wildman–Crippen LogP) is 4.72. The molecule has 30 heavy (non-hydrogen) atoms. The number of allylic oxidation sites excluding steroid dienone is 1. The van der Waals surface area contributed by atoms with Crippen molar-refractivity contribution >= 4 is 23.5 Å². The zero-order chi connectivity index (χ0) is 21.5. The first-order valence-electron chi connectivity index (χ1n) is 8.89. The zero-order valence-corrected chi connectivity index (χ0v) is 16.0. The Kier molecular flexibility index (Phi) is 6.34. The van der Waals surface area contributed by atoms with Gasteiger partial charge in [-0.1, -0.05) is 18.2 Å². The third-order valence-electron chi connectivity index (χ3n) is 4.18. The number of hydrogen-bond acceptors (Lipinski definition) is 6.